The summed E-state index contributed by atoms with van der Waals surface area (Å²) in [5.41, 5.74) is 10.3. The first kappa shape index (κ1) is 11.5. The maximum Gasteiger partial charge on any atom is 0.163 e. The van der Waals surface area contributed by atoms with Crippen LogP contribution in [-0.4, -0.2) is 11.5 Å². The number of anilines is 2. The molecule has 1 atom stereocenters. The molecular formula is C15H14N4. The summed E-state index contributed by atoms with van der Waals surface area (Å²) in [5.74, 6) is 0.229. The molecule has 0 aliphatic carbocycles. The fourth-order valence-corrected chi connectivity index (χ4v) is 2.67. The van der Waals surface area contributed by atoms with Gasteiger partial charge in [-0.15, -0.1) is 0 Å². The van der Waals surface area contributed by atoms with E-state index in [0.717, 1.165) is 24.2 Å². The van der Waals surface area contributed by atoms with Crippen LogP contribution in [-0.2, 0) is 0 Å². The van der Waals surface area contributed by atoms with Crippen molar-refractivity contribution in [2.24, 2.45) is 0 Å². The molecule has 0 radical (unpaired) electrons. The van der Waals surface area contributed by atoms with Gasteiger partial charge in [-0.3, -0.25) is 0 Å². The summed E-state index contributed by atoms with van der Waals surface area (Å²) in [6.07, 6.45) is 2.63. The highest BCUT2D eigenvalue weighted by Crippen LogP contribution is 2.38. The summed E-state index contributed by atoms with van der Waals surface area (Å²) in [6.45, 7) is 0.908. The molecule has 0 saturated heterocycles. The SMILES string of the molecule is N#Cc1nccc(C2CCNc3ccccc32)c1N. The summed E-state index contributed by atoms with van der Waals surface area (Å²) in [7, 11) is 0. The van der Waals surface area contributed by atoms with Crippen LogP contribution in [0.25, 0.3) is 0 Å². The summed E-state index contributed by atoms with van der Waals surface area (Å²) in [5, 5.41) is 12.4. The van der Waals surface area contributed by atoms with Crippen LogP contribution in [0.4, 0.5) is 11.4 Å². The second kappa shape index (κ2) is 4.62. The van der Waals surface area contributed by atoms with Crippen LogP contribution in [0.2, 0.25) is 0 Å². The lowest BCUT2D eigenvalue weighted by molar-refractivity contribution is 0.720. The first-order valence-electron chi connectivity index (χ1n) is 6.28. The van der Waals surface area contributed by atoms with Gasteiger partial charge in [-0.1, -0.05) is 18.2 Å². The smallest absolute Gasteiger partial charge is 0.163 e. The van der Waals surface area contributed by atoms with Gasteiger partial charge in [0.05, 0.1) is 5.69 Å². The van der Waals surface area contributed by atoms with Gasteiger partial charge < -0.3 is 11.1 Å². The quantitative estimate of drug-likeness (QED) is 0.815. The number of nitriles is 1. The highest BCUT2D eigenvalue weighted by atomic mass is 14.9. The Bertz CT molecular complexity index is 657. The minimum Gasteiger partial charge on any atom is -0.396 e. The normalized spacial score (nSPS) is 17.1. The predicted octanol–water partition coefficient (Wildman–Crippen LogP) is 2.48. The number of nitrogens with one attached hydrogen (secondary N) is 1. The lowest BCUT2D eigenvalue weighted by Crippen LogP contribution is -2.18. The first-order chi connectivity index (χ1) is 9.31. The molecule has 0 fully saturated rings. The fourth-order valence-electron chi connectivity index (χ4n) is 2.67. The van der Waals surface area contributed by atoms with Crippen LogP contribution in [0.5, 0.6) is 0 Å². The number of nitrogen functional groups attached to an aromatic ring is 1. The standard InChI is InChI=1S/C15H14N4/c16-9-14-15(17)12(6-8-19-14)10-5-7-18-13-4-2-1-3-11(10)13/h1-4,6,8,10,18H,5,7,17H2. The monoisotopic (exact) mass is 250 g/mol. The molecular weight excluding hydrogens is 236 g/mol. The molecule has 19 heavy (non-hydrogen) atoms. The lowest BCUT2D eigenvalue weighted by atomic mass is 9.84. The largest absolute Gasteiger partial charge is 0.396 e. The Balaban J connectivity index is 2.12. The van der Waals surface area contributed by atoms with Crippen molar-refractivity contribution in [2.45, 2.75) is 12.3 Å². The van der Waals surface area contributed by atoms with E-state index in [2.05, 4.69) is 22.4 Å². The van der Waals surface area contributed by atoms with Crippen LogP contribution < -0.4 is 11.1 Å². The molecule has 1 aromatic carbocycles. The van der Waals surface area contributed by atoms with Gasteiger partial charge in [0, 0.05) is 24.3 Å². The zero-order chi connectivity index (χ0) is 13.2. The summed E-state index contributed by atoms with van der Waals surface area (Å²) in [4.78, 5) is 4.01. The van der Waals surface area contributed by atoms with E-state index in [-0.39, 0.29) is 5.92 Å². The number of nitrogens with two attached hydrogens (primary N) is 1. The van der Waals surface area contributed by atoms with Gasteiger partial charge in [0.25, 0.3) is 0 Å². The van der Waals surface area contributed by atoms with Gasteiger partial charge in [0.15, 0.2) is 5.69 Å². The first-order valence-corrected chi connectivity index (χ1v) is 6.28. The maximum atomic E-state index is 9.03. The molecule has 1 aliphatic heterocycles. The third-order valence-electron chi connectivity index (χ3n) is 3.59. The van der Waals surface area contributed by atoms with Crippen molar-refractivity contribution < 1.29 is 0 Å². The van der Waals surface area contributed by atoms with Crippen molar-refractivity contribution in [2.75, 3.05) is 17.6 Å². The predicted molar refractivity (Wildman–Crippen MR) is 74.8 cm³/mol. The number of hydrogen-bond acceptors (Lipinski definition) is 4. The van der Waals surface area contributed by atoms with Crippen molar-refractivity contribution in [3.05, 3.63) is 53.3 Å². The number of para-hydroxylation sites is 1. The Morgan fingerprint density at radius 2 is 2.11 bits per heavy atom. The molecule has 0 amide bonds. The topological polar surface area (TPSA) is 74.7 Å². The molecule has 94 valence electrons. The van der Waals surface area contributed by atoms with E-state index in [1.165, 1.54) is 5.56 Å². The van der Waals surface area contributed by atoms with E-state index in [1.807, 2.05) is 24.3 Å². The average molecular weight is 250 g/mol. The Morgan fingerprint density at radius 1 is 1.26 bits per heavy atom. The van der Waals surface area contributed by atoms with Crippen molar-refractivity contribution in [1.82, 2.24) is 4.98 Å². The Hall–Kier alpha value is -2.54. The summed E-state index contributed by atoms with van der Waals surface area (Å²) < 4.78 is 0. The fraction of sp³-hybridized carbons (Fsp3) is 0.200. The number of benzene rings is 1. The van der Waals surface area contributed by atoms with E-state index >= 15 is 0 Å². The zero-order valence-corrected chi connectivity index (χ0v) is 10.4. The Morgan fingerprint density at radius 3 is 2.95 bits per heavy atom. The minimum atomic E-state index is 0.229. The van der Waals surface area contributed by atoms with E-state index in [4.69, 9.17) is 11.0 Å². The van der Waals surface area contributed by atoms with E-state index in [1.54, 1.807) is 6.20 Å². The second-order valence-electron chi connectivity index (χ2n) is 4.63. The minimum absolute atomic E-state index is 0.229. The second-order valence-corrected chi connectivity index (χ2v) is 4.63. The highest BCUT2D eigenvalue weighted by Gasteiger charge is 2.23. The van der Waals surface area contributed by atoms with Gasteiger partial charge in [0.1, 0.15) is 6.07 Å². The molecule has 1 aromatic heterocycles. The van der Waals surface area contributed by atoms with Crippen molar-refractivity contribution in [1.29, 1.82) is 5.26 Å². The number of rotatable bonds is 1. The van der Waals surface area contributed by atoms with Gasteiger partial charge in [-0.25, -0.2) is 4.98 Å². The molecule has 3 N–H and O–H groups in total. The van der Waals surface area contributed by atoms with Crippen LogP contribution in [0.15, 0.2) is 36.5 Å². The van der Waals surface area contributed by atoms with Crippen molar-refractivity contribution >= 4 is 11.4 Å². The average Bonchev–Trinajstić information content (AvgIpc) is 2.47. The van der Waals surface area contributed by atoms with Crippen LogP contribution in [0.1, 0.15) is 29.2 Å². The van der Waals surface area contributed by atoms with E-state index in [0.29, 0.717) is 11.4 Å². The molecule has 0 spiro atoms. The number of aromatic nitrogens is 1. The summed E-state index contributed by atoms with van der Waals surface area (Å²) in [6, 6.07) is 12.2. The van der Waals surface area contributed by atoms with E-state index in [9.17, 15) is 0 Å². The molecule has 2 aromatic rings. The van der Waals surface area contributed by atoms with Crippen LogP contribution in [0.3, 0.4) is 0 Å². The van der Waals surface area contributed by atoms with Gasteiger partial charge in [0.2, 0.25) is 0 Å². The maximum absolute atomic E-state index is 9.03. The molecule has 0 bridgehead atoms. The van der Waals surface area contributed by atoms with Gasteiger partial charge in [-0.05, 0) is 29.7 Å². The van der Waals surface area contributed by atoms with Crippen molar-refractivity contribution in [3.63, 3.8) is 0 Å². The van der Waals surface area contributed by atoms with Crippen LogP contribution >= 0.6 is 0 Å². The lowest BCUT2D eigenvalue weighted by Gasteiger charge is -2.27. The molecule has 0 saturated carbocycles. The zero-order valence-electron chi connectivity index (χ0n) is 10.4. The number of pyridine rings is 1. The van der Waals surface area contributed by atoms with Crippen molar-refractivity contribution in [3.8, 4) is 6.07 Å². The summed E-state index contributed by atoms with van der Waals surface area (Å²) >= 11 is 0. The molecule has 2 heterocycles. The molecule has 1 unspecified atom stereocenters. The van der Waals surface area contributed by atoms with Crippen LogP contribution in [0, 0.1) is 11.3 Å². The number of nitrogens with zero attached hydrogens (tertiary/aromatic N) is 2. The third-order valence-corrected chi connectivity index (χ3v) is 3.59. The van der Waals surface area contributed by atoms with Gasteiger partial charge >= 0.3 is 0 Å². The van der Waals surface area contributed by atoms with E-state index < -0.39 is 0 Å². The number of fused-ring (bicyclic) bond motifs is 1. The Labute approximate surface area is 111 Å². The molecule has 4 nitrogen and oxygen atoms in total. The highest BCUT2D eigenvalue weighted by molar-refractivity contribution is 5.63. The Kier molecular flexibility index (Phi) is 2.81. The number of hydrogen-bond donors (Lipinski definition) is 2. The molecule has 1 aliphatic rings. The molecule has 4 heteroatoms. The third kappa shape index (κ3) is 1.89. The van der Waals surface area contributed by atoms with Gasteiger partial charge in [-0.2, -0.15) is 5.26 Å². The molecule has 3 rings (SSSR count).